The molecule has 0 radical (unpaired) electrons. The first kappa shape index (κ1) is 17.6. The lowest BCUT2D eigenvalue weighted by Crippen LogP contribution is -2.42. The van der Waals surface area contributed by atoms with E-state index in [1.54, 1.807) is 18.4 Å². The summed E-state index contributed by atoms with van der Waals surface area (Å²) in [7, 11) is 1.68. The van der Waals surface area contributed by atoms with Crippen molar-refractivity contribution in [2.45, 2.75) is 44.1 Å². The maximum absolute atomic E-state index is 12.3. The van der Waals surface area contributed by atoms with Gasteiger partial charge in [-0.15, -0.1) is 11.3 Å². The molecule has 2 heterocycles. The second-order valence-corrected chi connectivity index (χ2v) is 7.54. The maximum atomic E-state index is 12.3. The molecule has 0 aromatic carbocycles. The van der Waals surface area contributed by atoms with Crippen LogP contribution < -0.4 is 5.32 Å². The Bertz CT molecular complexity index is 481. The van der Waals surface area contributed by atoms with E-state index in [4.69, 9.17) is 4.74 Å². The molecular weight excluding hydrogens is 318 g/mol. The fourth-order valence-corrected chi connectivity index (χ4v) is 4.03. The van der Waals surface area contributed by atoms with Gasteiger partial charge < -0.3 is 15.0 Å². The first-order valence-corrected chi connectivity index (χ1v) is 9.83. The summed E-state index contributed by atoms with van der Waals surface area (Å²) in [6.45, 7) is 4.15. The number of thiazole rings is 1. The van der Waals surface area contributed by atoms with Gasteiger partial charge in [0, 0.05) is 30.8 Å². The third-order valence-electron chi connectivity index (χ3n) is 3.94. The summed E-state index contributed by atoms with van der Waals surface area (Å²) in [5, 5.41) is 6.48. The van der Waals surface area contributed by atoms with E-state index in [-0.39, 0.29) is 12.1 Å². The molecule has 1 fully saturated rings. The molecule has 1 N–H and O–H groups in total. The van der Waals surface area contributed by atoms with E-state index < -0.39 is 0 Å². The summed E-state index contributed by atoms with van der Waals surface area (Å²) in [4.78, 5) is 18.8. The number of hydrogen-bond acceptors (Lipinski definition) is 5. The van der Waals surface area contributed by atoms with Crippen LogP contribution in [0.1, 0.15) is 43.0 Å². The maximum Gasteiger partial charge on any atom is 0.317 e. The summed E-state index contributed by atoms with van der Waals surface area (Å²) in [6.07, 6.45) is 5.63. The number of carbonyl (C=O) groups excluding carboxylic acids is 1. The number of likely N-dealkylation sites (tertiary alicyclic amines) is 1. The minimum Gasteiger partial charge on any atom is -0.375 e. The number of carbonyl (C=O) groups is 1. The van der Waals surface area contributed by atoms with Gasteiger partial charge in [0.2, 0.25) is 0 Å². The van der Waals surface area contributed by atoms with Crippen LogP contribution in [0.4, 0.5) is 4.79 Å². The van der Waals surface area contributed by atoms with Crippen molar-refractivity contribution in [1.29, 1.82) is 0 Å². The zero-order valence-electron chi connectivity index (χ0n) is 13.5. The Kier molecular flexibility index (Phi) is 6.98. The van der Waals surface area contributed by atoms with Crippen molar-refractivity contribution in [3.05, 3.63) is 16.1 Å². The fraction of sp³-hybridized carbons (Fsp3) is 0.733. The Hall–Kier alpha value is -0.790. The SMILES string of the molecule is CO[C@@H](C)c1nc(CNC(=O)N2CCCC[C@@H](SC)C2)cs1. The summed E-state index contributed by atoms with van der Waals surface area (Å²) in [5.41, 5.74) is 0.897. The Balaban J connectivity index is 1.85. The van der Waals surface area contributed by atoms with E-state index in [9.17, 15) is 4.79 Å². The predicted molar refractivity (Wildman–Crippen MR) is 92.5 cm³/mol. The average molecular weight is 344 g/mol. The molecule has 0 spiro atoms. The zero-order chi connectivity index (χ0) is 15.9. The Labute approximate surface area is 140 Å². The van der Waals surface area contributed by atoms with Crippen LogP contribution in [0.15, 0.2) is 5.38 Å². The molecule has 0 saturated carbocycles. The third kappa shape index (κ3) is 4.86. The first-order valence-electron chi connectivity index (χ1n) is 7.66. The Morgan fingerprint density at radius 3 is 3.18 bits per heavy atom. The van der Waals surface area contributed by atoms with Crippen LogP contribution in [0.2, 0.25) is 0 Å². The number of nitrogens with one attached hydrogen (secondary N) is 1. The van der Waals surface area contributed by atoms with E-state index >= 15 is 0 Å². The van der Waals surface area contributed by atoms with Crippen LogP contribution in [-0.2, 0) is 11.3 Å². The second kappa shape index (κ2) is 8.74. The van der Waals surface area contributed by atoms with Gasteiger partial charge in [-0.3, -0.25) is 0 Å². The quantitative estimate of drug-likeness (QED) is 0.891. The molecule has 2 atom stereocenters. The summed E-state index contributed by atoms with van der Waals surface area (Å²) in [5.74, 6) is 0. The first-order chi connectivity index (χ1) is 10.6. The van der Waals surface area contributed by atoms with E-state index in [1.807, 2.05) is 29.0 Å². The average Bonchev–Trinajstić information content (AvgIpc) is 2.88. The molecule has 1 aromatic heterocycles. The number of urea groups is 1. The number of ether oxygens (including phenoxy) is 1. The van der Waals surface area contributed by atoms with E-state index in [1.165, 1.54) is 12.8 Å². The zero-order valence-corrected chi connectivity index (χ0v) is 15.1. The molecule has 1 aromatic rings. The van der Waals surface area contributed by atoms with Crippen molar-refractivity contribution < 1.29 is 9.53 Å². The molecule has 5 nitrogen and oxygen atoms in total. The van der Waals surface area contributed by atoms with Gasteiger partial charge in [0.15, 0.2) is 0 Å². The van der Waals surface area contributed by atoms with Crippen LogP contribution in [0, 0.1) is 0 Å². The lowest BCUT2D eigenvalue weighted by molar-refractivity contribution is 0.119. The van der Waals surface area contributed by atoms with Crippen molar-refractivity contribution in [2.24, 2.45) is 0 Å². The number of methoxy groups -OCH3 is 1. The van der Waals surface area contributed by atoms with Gasteiger partial charge in [0.25, 0.3) is 0 Å². The third-order valence-corrected chi connectivity index (χ3v) is 6.05. The van der Waals surface area contributed by atoms with Gasteiger partial charge in [0.05, 0.1) is 12.2 Å². The number of aromatic nitrogens is 1. The molecule has 22 heavy (non-hydrogen) atoms. The van der Waals surface area contributed by atoms with Crippen molar-refractivity contribution in [1.82, 2.24) is 15.2 Å². The number of thioether (sulfide) groups is 1. The molecule has 7 heteroatoms. The van der Waals surface area contributed by atoms with Crippen molar-refractivity contribution in [2.75, 3.05) is 26.5 Å². The number of rotatable bonds is 5. The largest absolute Gasteiger partial charge is 0.375 e. The number of hydrogen-bond donors (Lipinski definition) is 1. The standard InChI is InChI=1S/C15H25N3O2S2/c1-11(20-2)14-17-12(10-22-14)8-16-15(19)18-7-5-4-6-13(9-18)21-3/h10-11,13H,4-9H2,1-3H3,(H,16,19)/t11-,13+/m0/s1. The van der Waals surface area contributed by atoms with Crippen LogP contribution in [-0.4, -0.2) is 47.6 Å². The topological polar surface area (TPSA) is 54.5 Å². The highest BCUT2D eigenvalue weighted by atomic mass is 32.2. The van der Waals surface area contributed by atoms with Gasteiger partial charge in [-0.2, -0.15) is 11.8 Å². The minimum atomic E-state index is 0.00222. The van der Waals surface area contributed by atoms with Gasteiger partial charge >= 0.3 is 6.03 Å². The van der Waals surface area contributed by atoms with Crippen LogP contribution in [0.3, 0.4) is 0 Å². The van der Waals surface area contributed by atoms with E-state index in [0.29, 0.717) is 11.8 Å². The molecule has 0 unspecified atom stereocenters. The molecule has 1 aliphatic rings. The lowest BCUT2D eigenvalue weighted by Gasteiger charge is -2.23. The van der Waals surface area contributed by atoms with Crippen LogP contribution in [0.25, 0.3) is 0 Å². The fourth-order valence-electron chi connectivity index (χ4n) is 2.45. The van der Waals surface area contributed by atoms with E-state index in [0.717, 1.165) is 30.2 Å². The molecule has 2 rings (SSSR count). The van der Waals surface area contributed by atoms with Crippen LogP contribution >= 0.6 is 23.1 Å². The highest BCUT2D eigenvalue weighted by Gasteiger charge is 2.21. The minimum absolute atomic E-state index is 0.00222. The summed E-state index contributed by atoms with van der Waals surface area (Å²) >= 11 is 3.43. The highest BCUT2D eigenvalue weighted by Crippen LogP contribution is 2.21. The van der Waals surface area contributed by atoms with Crippen molar-refractivity contribution in [3.63, 3.8) is 0 Å². The molecule has 0 aliphatic carbocycles. The number of amides is 2. The molecular formula is C15H25N3O2S2. The van der Waals surface area contributed by atoms with Crippen LogP contribution in [0.5, 0.6) is 0 Å². The molecule has 124 valence electrons. The second-order valence-electron chi connectivity index (χ2n) is 5.51. The van der Waals surface area contributed by atoms with Gasteiger partial charge in [-0.05, 0) is 26.0 Å². The summed E-state index contributed by atoms with van der Waals surface area (Å²) < 4.78 is 5.26. The Morgan fingerprint density at radius 1 is 1.64 bits per heavy atom. The van der Waals surface area contributed by atoms with Crippen molar-refractivity contribution >= 4 is 29.1 Å². The predicted octanol–water partition coefficient (Wildman–Crippen LogP) is 3.28. The normalized spacial score (nSPS) is 20.5. The monoisotopic (exact) mass is 343 g/mol. The smallest absolute Gasteiger partial charge is 0.317 e. The molecule has 1 saturated heterocycles. The molecule has 1 aliphatic heterocycles. The van der Waals surface area contributed by atoms with Crippen molar-refractivity contribution in [3.8, 4) is 0 Å². The molecule has 2 amide bonds. The Morgan fingerprint density at radius 2 is 2.45 bits per heavy atom. The van der Waals surface area contributed by atoms with Gasteiger partial charge in [-0.25, -0.2) is 9.78 Å². The number of nitrogens with zero attached hydrogens (tertiary/aromatic N) is 2. The van der Waals surface area contributed by atoms with Gasteiger partial charge in [-0.1, -0.05) is 6.42 Å². The lowest BCUT2D eigenvalue weighted by atomic mass is 10.2. The molecule has 0 bridgehead atoms. The summed E-state index contributed by atoms with van der Waals surface area (Å²) in [6, 6.07) is 0.0234. The highest BCUT2D eigenvalue weighted by molar-refractivity contribution is 7.99. The van der Waals surface area contributed by atoms with Gasteiger partial charge in [0.1, 0.15) is 11.1 Å². The van der Waals surface area contributed by atoms with E-state index in [2.05, 4.69) is 16.6 Å².